The number of carbonyl (C=O) groups excluding carboxylic acids is 1. The summed E-state index contributed by atoms with van der Waals surface area (Å²) in [6, 6.07) is 6.02. The van der Waals surface area contributed by atoms with Crippen LogP contribution in [-0.4, -0.2) is 16.5 Å². The number of thioether (sulfide) groups is 1. The predicted molar refractivity (Wildman–Crippen MR) is 63.6 cm³/mol. The normalized spacial score (nSPS) is 10.3. The average Bonchev–Trinajstić information content (AvgIpc) is 2.79. The minimum Gasteiger partial charge on any atom is -0.293 e. The third-order valence-corrected chi connectivity index (χ3v) is 3.88. The van der Waals surface area contributed by atoms with Crippen LogP contribution in [0.4, 0.5) is 4.39 Å². The molecule has 0 saturated heterocycles. The summed E-state index contributed by atoms with van der Waals surface area (Å²) in [6.07, 6.45) is 1.68. The number of aromatic nitrogens is 1. The summed E-state index contributed by atoms with van der Waals surface area (Å²) >= 11 is 2.80. The first-order valence-corrected chi connectivity index (χ1v) is 6.44. The third-order valence-electron chi connectivity index (χ3n) is 1.91. The zero-order valence-corrected chi connectivity index (χ0v) is 9.85. The van der Waals surface area contributed by atoms with E-state index in [4.69, 9.17) is 0 Å². The van der Waals surface area contributed by atoms with Gasteiger partial charge in [0.2, 0.25) is 0 Å². The van der Waals surface area contributed by atoms with Gasteiger partial charge in [0, 0.05) is 11.6 Å². The van der Waals surface area contributed by atoms with Crippen LogP contribution in [0.25, 0.3) is 0 Å². The molecular weight excluding hydrogens is 245 g/mol. The van der Waals surface area contributed by atoms with Crippen LogP contribution < -0.4 is 0 Å². The fourth-order valence-corrected chi connectivity index (χ4v) is 2.69. The van der Waals surface area contributed by atoms with Crippen LogP contribution >= 0.6 is 23.1 Å². The molecule has 0 unspecified atom stereocenters. The van der Waals surface area contributed by atoms with Gasteiger partial charge in [-0.25, -0.2) is 9.37 Å². The first-order valence-electron chi connectivity index (χ1n) is 4.57. The molecule has 1 aromatic heterocycles. The van der Waals surface area contributed by atoms with E-state index in [0.717, 1.165) is 4.34 Å². The van der Waals surface area contributed by atoms with Gasteiger partial charge < -0.3 is 0 Å². The van der Waals surface area contributed by atoms with Gasteiger partial charge in [0.1, 0.15) is 10.2 Å². The van der Waals surface area contributed by atoms with Gasteiger partial charge in [0.15, 0.2) is 5.78 Å². The van der Waals surface area contributed by atoms with E-state index in [1.54, 1.807) is 18.3 Å². The monoisotopic (exact) mass is 253 g/mol. The number of hydrogen-bond donors (Lipinski definition) is 0. The van der Waals surface area contributed by atoms with E-state index in [0.29, 0.717) is 0 Å². The standard InChI is InChI=1S/C11H8FNOS2/c12-9-4-2-1-3-8(9)10(14)7-16-11-13-5-6-15-11/h1-6H,7H2. The number of hydrogen-bond acceptors (Lipinski definition) is 4. The lowest BCUT2D eigenvalue weighted by atomic mass is 10.1. The van der Waals surface area contributed by atoms with E-state index in [9.17, 15) is 9.18 Å². The van der Waals surface area contributed by atoms with Gasteiger partial charge in [-0.15, -0.1) is 11.3 Å². The molecule has 0 aliphatic rings. The molecule has 0 fully saturated rings. The highest BCUT2D eigenvalue weighted by molar-refractivity contribution is 8.01. The van der Waals surface area contributed by atoms with Crippen LogP contribution in [0.3, 0.4) is 0 Å². The van der Waals surface area contributed by atoms with Crippen molar-refractivity contribution in [3.05, 3.63) is 47.2 Å². The predicted octanol–water partition coefficient (Wildman–Crippen LogP) is 3.26. The molecular formula is C11H8FNOS2. The number of carbonyl (C=O) groups is 1. The molecule has 82 valence electrons. The van der Waals surface area contributed by atoms with E-state index in [2.05, 4.69) is 4.98 Å². The fraction of sp³-hybridized carbons (Fsp3) is 0.0909. The Kier molecular flexibility index (Phi) is 3.69. The molecule has 16 heavy (non-hydrogen) atoms. The molecule has 0 aliphatic carbocycles. The topological polar surface area (TPSA) is 30.0 Å². The average molecular weight is 253 g/mol. The summed E-state index contributed by atoms with van der Waals surface area (Å²) in [5.41, 5.74) is 0.145. The quantitative estimate of drug-likeness (QED) is 0.619. The highest BCUT2D eigenvalue weighted by Crippen LogP contribution is 2.21. The Morgan fingerprint density at radius 2 is 2.25 bits per heavy atom. The molecule has 0 atom stereocenters. The first-order chi connectivity index (χ1) is 7.77. The van der Waals surface area contributed by atoms with E-state index in [1.165, 1.54) is 35.2 Å². The van der Waals surface area contributed by atoms with Gasteiger partial charge >= 0.3 is 0 Å². The number of nitrogens with zero attached hydrogens (tertiary/aromatic N) is 1. The molecule has 0 radical (unpaired) electrons. The maximum Gasteiger partial charge on any atom is 0.176 e. The van der Waals surface area contributed by atoms with E-state index < -0.39 is 5.82 Å². The highest BCUT2D eigenvalue weighted by atomic mass is 32.2. The second-order valence-electron chi connectivity index (χ2n) is 2.99. The van der Waals surface area contributed by atoms with Gasteiger partial charge in [-0.05, 0) is 12.1 Å². The number of benzene rings is 1. The van der Waals surface area contributed by atoms with Crippen molar-refractivity contribution >= 4 is 28.9 Å². The summed E-state index contributed by atoms with van der Waals surface area (Å²) in [6.45, 7) is 0. The molecule has 0 N–H and O–H groups in total. The Morgan fingerprint density at radius 3 is 2.94 bits per heavy atom. The van der Waals surface area contributed by atoms with Crippen molar-refractivity contribution in [1.29, 1.82) is 0 Å². The molecule has 1 heterocycles. The van der Waals surface area contributed by atoms with Gasteiger partial charge in [0.05, 0.1) is 11.3 Å². The summed E-state index contributed by atoms with van der Waals surface area (Å²) in [5.74, 6) is -0.459. The Balaban J connectivity index is 2.01. The maximum atomic E-state index is 13.3. The van der Waals surface area contributed by atoms with E-state index in [-0.39, 0.29) is 17.1 Å². The van der Waals surface area contributed by atoms with Crippen LogP contribution in [0.15, 0.2) is 40.2 Å². The summed E-state index contributed by atoms with van der Waals surface area (Å²) < 4.78 is 14.1. The van der Waals surface area contributed by atoms with Crippen molar-refractivity contribution in [2.24, 2.45) is 0 Å². The van der Waals surface area contributed by atoms with Crippen molar-refractivity contribution < 1.29 is 9.18 Å². The molecule has 0 saturated carbocycles. The van der Waals surface area contributed by atoms with Crippen molar-refractivity contribution in [3.8, 4) is 0 Å². The van der Waals surface area contributed by atoms with Crippen molar-refractivity contribution in [2.75, 3.05) is 5.75 Å². The lowest BCUT2D eigenvalue weighted by Crippen LogP contribution is -2.04. The second-order valence-corrected chi connectivity index (χ2v) is 5.11. The Labute approximate surface area is 101 Å². The molecule has 0 spiro atoms. The zero-order chi connectivity index (χ0) is 11.4. The maximum absolute atomic E-state index is 13.3. The Hall–Kier alpha value is -1.20. The van der Waals surface area contributed by atoms with Gasteiger partial charge in [-0.2, -0.15) is 0 Å². The Bertz CT molecular complexity index is 484. The van der Waals surface area contributed by atoms with Crippen molar-refractivity contribution in [2.45, 2.75) is 4.34 Å². The highest BCUT2D eigenvalue weighted by Gasteiger charge is 2.11. The summed E-state index contributed by atoms with van der Waals surface area (Å²) in [4.78, 5) is 15.7. The molecule has 5 heteroatoms. The molecule has 1 aromatic carbocycles. The van der Waals surface area contributed by atoms with Crippen LogP contribution in [0.1, 0.15) is 10.4 Å². The molecule has 2 rings (SSSR count). The molecule has 0 amide bonds. The van der Waals surface area contributed by atoms with Crippen LogP contribution in [-0.2, 0) is 0 Å². The first kappa shape index (κ1) is 11.3. The fourth-order valence-electron chi connectivity index (χ4n) is 1.17. The number of halogens is 1. The van der Waals surface area contributed by atoms with Gasteiger partial charge in [-0.1, -0.05) is 23.9 Å². The SMILES string of the molecule is O=C(CSc1nccs1)c1ccccc1F. The molecule has 0 bridgehead atoms. The van der Waals surface area contributed by atoms with Gasteiger partial charge in [-0.3, -0.25) is 4.79 Å². The largest absolute Gasteiger partial charge is 0.293 e. The lowest BCUT2D eigenvalue weighted by molar-refractivity contribution is 0.101. The third kappa shape index (κ3) is 2.68. The van der Waals surface area contributed by atoms with Crippen molar-refractivity contribution in [1.82, 2.24) is 4.98 Å². The number of ketones is 1. The molecule has 2 nitrogen and oxygen atoms in total. The second kappa shape index (κ2) is 5.23. The minimum atomic E-state index is -0.466. The van der Waals surface area contributed by atoms with Crippen LogP contribution in [0.2, 0.25) is 0 Å². The number of rotatable bonds is 4. The zero-order valence-electron chi connectivity index (χ0n) is 8.22. The van der Waals surface area contributed by atoms with Gasteiger partial charge in [0.25, 0.3) is 0 Å². The van der Waals surface area contributed by atoms with Crippen LogP contribution in [0.5, 0.6) is 0 Å². The van der Waals surface area contributed by atoms with Crippen LogP contribution in [0, 0.1) is 5.82 Å². The summed E-state index contributed by atoms with van der Waals surface area (Å²) in [5, 5.41) is 1.84. The molecule has 2 aromatic rings. The van der Waals surface area contributed by atoms with E-state index >= 15 is 0 Å². The summed E-state index contributed by atoms with van der Waals surface area (Å²) in [7, 11) is 0. The van der Waals surface area contributed by atoms with E-state index in [1.807, 2.05) is 5.38 Å². The smallest absolute Gasteiger partial charge is 0.176 e. The Morgan fingerprint density at radius 1 is 1.44 bits per heavy atom. The number of thiazole rings is 1. The lowest BCUT2D eigenvalue weighted by Gasteiger charge is -2.00. The van der Waals surface area contributed by atoms with Crippen molar-refractivity contribution in [3.63, 3.8) is 0 Å². The number of Topliss-reactive ketones (excluding diaryl/α,β-unsaturated/α-hetero) is 1. The minimum absolute atomic E-state index is 0.145. The molecule has 0 aliphatic heterocycles.